The number of hydrogen-bond acceptors (Lipinski definition) is 7. The van der Waals surface area contributed by atoms with E-state index in [1.54, 1.807) is 18.2 Å². The second-order valence-electron chi connectivity index (χ2n) is 7.69. The van der Waals surface area contributed by atoms with Crippen LogP contribution in [0.1, 0.15) is 18.1 Å². The zero-order valence-electron chi connectivity index (χ0n) is 19.6. The van der Waals surface area contributed by atoms with E-state index in [-0.39, 0.29) is 0 Å². The summed E-state index contributed by atoms with van der Waals surface area (Å²) in [6, 6.07) is 12.9. The number of aliphatic hydroxyl groups is 1. The Balaban J connectivity index is 2.52. The molecule has 37 heavy (non-hydrogen) atoms. The zero-order valence-corrected chi connectivity index (χ0v) is 19.6. The van der Waals surface area contributed by atoms with Crippen LogP contribution in [-0.2, 0) is 40.7 Å². The predicted molar refractivity (Wildman–Crippen MR) is 115 cm³/mol. The molecule has 0 bridgehead atoms. The summed E-state index contributed by atoms with van der Waals surface area (Å²) in [6.45, 7) is -1.51. The molecule has 0 fully saturated rings. The molecule has 0 aliphatic rings. The van der Waals surface area contributed by atoms with E-state index in [9.17, 15) is 41.0 Å². The van der Waals surface area contributed by atoms with Crippen LogP contribution in [0.5, 0.6) is 0 Å². The molecule has 0 saturated heterocycles. The van der Waals surface area contributed by atoms with Gasteiger partial charge in [0.05, 0.1) is 19.8 Å². The van der Waals surface area contributed by atoms with Crippen molar-refractivity contribution in [1.82, 2.24) is 0 Å². The molecule has 0 aliphatic heterocycles. The van der Waals surface area contributed by atoms with Crippen molar-refractivity contribution in [3.05, 3.63) is 71.8 Å². The molecule has 7 nitrogen and oxygen atoms in total. The Labute approximate surface area is 207 Å². The molecule has 0 spiro atoms. The zero-order chi connectivity index (χ0) is 27.9. The second-order valence-corrected chi connectivity index (χ2v) is 7.69. The maximum atomic E-state index is 14.2. The summed E-state index contributed by atoms with van der Waals surface area (Å²) in [5, 5.41) is 10.6. The van der Waals surface area contributed by atoms with Crippen LogP contribution in [0, 0.1) is 0 Å². The first kappa shape index (κ1) is 30.1. The van der Waals surface area contributed by atoms with Gasteiger partial charge in [0, 0.05) is 12.7 Å². The number of methoxy groups -OCH3 is 1. The highest BCUT2D eigenvalue weighted by Crippen LogP contribution is 2.44. The van der Waals surface area contributed by atoms with E-state index < -0.39 is 67.0 Å². The SMILES string of the molecule is CCOC(=O)[C@@H](OC(=O)[C@@](OC)(c1ccccc1)C(F)(F)F)[C@](O)(COCc1ccccc1)C(F)(F)F. The quantitative estimate of drug-likeness (QED) is 0.341. The molecule has 0 amide bonds. The topological polar surface area (TPSA) is 91.3 Å². The Morgan fingerprint density at radius 1 is 0.892 bits per heavy atom. The molecule has 0 heterocycles. The van der Waals surface area contributed by atoms with Crippen LogP contribution in [0.4, 0.5) is 26.3 Å². The van der Waals surface area contributed by atoms with Gasteiger partial charge < -0.3 is 24.1 Å². The molecule has 13 heteroatoms. The number of rotatable bonds is 11. The maximum absolute atomic E-state index is 14.2. The van der Waals surface area contributed by atoms with Crippen LogP contribution >= 0.6 is 0 Å². The normalized spacial score (nSPS) is 16.2. The molecule has 0 unspecified atom stereocenters. The van der Waals surface area contributed by atoms with E-state index in [1.165, 1.54) is 25.1 Å². The lowest BCUT2D eigenvalue weighted by Crippen LogP contribution is -2.64. The van der Waals surface area contributed by atoms with Gasteiger partial charge in [0.1, 0.15) is 0 Å². The van der Waals surface area contributed by atoms with E-state index in [2.05, 4.69) is 14.2 Å². The average Bonchev–Trinajstić information content (AvgIpc) is 2.83. The lowest BCUT2D eigenvalue weighted by Gasteiger charge is -2.38. The summed E-state index contributed by atoms with van der Waals surface area (Å²) >= 11 is 0. The molecule has 2 aromatic carbocycles. The second kappa shape index (κ2) is 11.9. The fourth-order valence-corrected chi connectivity index (χ4v) is 3.34. The molecule has 0 aliphatic carbocycles. The number of esters is 2. The molecule has 2 rings (SSSR count). The van der Waals surface area contributed by atoms with Gasteiger partial charge in [0.15, 0.2) is 0 Å². The van der Waals surface area contributed by atoms with Crippen molar-refractivity contribution in [1.29, 1.82) is 0 Å². The number of hydrogen-bond donors (Lipinski definition) is 1. The minimum absolute atomic E-state index is 0.385. The van der Waals surface area contributed by atoms with Crippen molar-refractivity contribution in [2.45, 2.75) is 43.2 Å². The first-order valence-corrected chi connectivity index (χ1v) is 10.7. The molecule has 0 aromatic heterocycles. The van der Waals surface area contributed by atoms with Crippen molar-refractivity contribution in [3.8, 4) is 0 Å². The standard InChI is InChI=1S/C24H24F6O7/c1-3-36-19(31)18(21(33,23(25,26)27)15-35-14-16-10-6-4-7-11-16)37-20(32)22(34-2,24(28,29)30)17-12-8-5-9-13-17/h4-13,18,33H,3,14-15H2,1-2H3/t18-,21-,22+/m1/s1. The van der Waals surface area contributed by atoms with Gasteiger partial charge in [-0.3, -0.25) is 0 Å². The third-order valence-corrected chi connectivity index (χ3v) is 5.26. The van der Waals surface area contributed by atoms with Crippen LogP contribution < -0.4 is 0 Å². The highest BCUT2D eigenvalue weighted by molar-refractivity contribution is 5.86. The molecule has 1 N–H and O–H groups in total. The van der Waals surface area contributed by atoms with Crippen LogP contribution in [0.15, 0.2) is 60.7 Å². The van der Waals surface area contributed by atoms with Gasteiger partial charge in [-0.2, -0.15) is 26.3 Å². The molecule has 2 aromatic rings. The number of halogens is 6. The van der Waals surface area contributed by atoms with E-state index >= 15 is 0 Å². The van der Waals surface area contributed by atoms with Crippen molar-refractivity contribution in [3.63, 3.8) is 0 Å². The van der Waals surface area contributed by atoms with Gasteiger partial charge in [-0.25, -0.2) is 9.59 Å². The van der Waals surface area contributed by atoms with Gasteiger partial charge in [-0.1, -0.05) is 60.7 Å². The van der Waals surface area contributed by atoms with Crippen molar-refractivity contribution >= 4 is 11.9 Å². The molecule has 0 saturated carbocycles. The first-order valence-electron chi connectivity index (χ1n) is 10.7. The van der Waals surface area contributed by atoms with E-state index in [1.807, 2.05) is 0 Å². The predicted octanol–water partition coefficient (Wildman–Crippen LogP) is 4.08. The van der Waals surface area contributed by atoms with Crippen molar-refractivity contribution < 1.29 is 60.0 Å². The summed E-state index contributed by atoms with van der Waals surface area (Å²) in [5.41, 5.74) is -8.67. The van der Waals surface area contributed by atoms with Crippen LogP contribution in [0.2, 0.25) is 0 Å². The highest BCUT2D eigenvalue weighted by atomic mass is 19.4. The van der Waals surface area contributed by atoms with Gasteiger partial charge in [-0.05, 0) is 12.5 Å². The fraction of sp³-hybridized carbons (Fsp3) is 0.417. The summed E-state index contributed by atoms with van der Waals surface area (Å²) in [5.74, 6) is -4.38. The van der Waals surface area contributed by atoms with Gasteiger partial charge in [0.25, 0.3) is 5.60 Å². The van der Waals surface area contributed by atoms with Gasteiger partial charge >= 0.3 is 24.3 Å². The van der Waals surface area contributed by atoms with Crippen LogP contribution in [-0.4, -0.2) is 61.4 Å². The molecule has 204 valence electrons. The minimum Gasteiger partial charge on any atom is -0.463 e. The number of benzene rings is 2. The minimum atomic E-state index is -5.72. The fourth-order valence-electron chi connectivity index (χ4n) is 3.34. The summed E-state index contributed by atoms with van der Waals surface area (Å²) in [4.78, 5) is 25.4. The van der Waals surface area contributed by atoms with Crippen molar-refractivity contribution in [2.24, 2.45) is 0 Å². The van der Waals surface area contributed by atoms with E-state index in [0.717, 1.165) is 24.3 Å². The van der Waals surface area contributed by atoms with Crippen LogP contribution in [0.3, 0.4) is 0 Å². The summed E-state index contributed by atoms with van der Waals surface area (Å²) in [7, 11) is 0.486. The third-order valence-electron chi connectivity index (χ3n) is 5.26. The largest absolute Gasteiger partial charge is 0.463 e. The Bertz CT molecular complexity index is 1030. The molecule has 0 radical (unpaired) electrons. The first-order chi connectivity index (χ1) is 17.2. The van der Waals surface area contributed by atoms with E-state index in [0.29, 0.717) is 12.7 Å². The maximum Gasteiger partial charge on any atom is 0.432 e. The highest BCUT2D eigenvalue weighted by Gasteiger charge is 2.68. The number of carbonyl (C=O) groups is 2. The monoisotopic (exact) mass is 538 g/mol. The Morgan fingerprint density at radius 3 is 1.89 bits per heavy atom. The Kier molecular flexibility index (Phi) is 9.69. The van der Waals surface area contributed by atoms with E-state index in [4.69, 9.17) is 4.74 Å². The number of carbonyl (C=O) groups excluding carboxylic acids is 2. The van der Waals surface area contributed by atoms with Gasteiger partial charge in [0.2, 0.25) is 11.7 Å². The molecular weight excluding hydrogens is 514 g/mol. The summed E-state index contributed by atoms with van der Waals surface area (Å²) < 4.78 is 103. The lowest BCUT2D eigenvalue weighted by molar-refractivity contribution is -0.315. The summed E-state index contributed by atoms with van der Waals surface area (Å²) in [6.07, 6.45) is -14.6. The lowest BCUT2D eigenvalue weighted by atomic mass is 9.91. The Morgan fingerprint density at radius 2 is 1.43 bits per heavy atom. The Hall–Kier alpha value is -3.16. The van der Waals surface area contributed by atoms with Gasteiger partial charge in [-0.15, -0.1) is 0 Å². The number of alkyl halides is 6. The molecular formula is C24H24F6O7. The third kappa shape index (κ3) is 6.40. The van der Waals surface area contributed by atoms with Crippen molar-refractivity contribution in [2.75, 3.05) is 20.3 Å². The average molecular weight is 538 g/mol. The smallest absolute Gasteiger partial charge is 0.432 e. The molecule has 3 atom stereocenters. The number of ether oxygens (including phenoxy) is 4. The van der Waals surface area contributed by atoms with Crippen LogP contribution in [0.25, 0.3) is 0 Å².